The molecule has 2 rings (SSSR count). The predicted octanol–water partition coefficient (Wildman–Crippen LogP) is 4.62. The van der Waals surface area contributed by atoms with Crippen LogP contribution in [0.25, 0.3) is 0 Å². The molecule has 1 aromatic heterocycles. The summed E-state index contributed by atoms with van der Waals surface area (Å²) in [7, 11) is 0. The summed E-state index contributed by atoms with van der Waals surface area (Å²) in [5, 5.41) is 1.14. The Bertz CT molecular complexity index is 599. The molecular formula is C20H35N3O2S. The van der Waals surface area contributed by atoms with E-state index in [0.717, 1.165) is 49.7 Å². The van der Waals surface area contributed by atoms with E-state index in [-0.39, 0.29) is 6.09 Å². The van der Waals surface area contributed by atoms with Crippen molar-refractivity contribution in [2.24, 2.45) is 5.92 Å². The molecule has 0 bridgehead atoms. The molecular weight excluding hydrogens is 346 g/mol. The number of carbonyl (C=O) groups excluding carboxylic acids is 1. The Morgan fingerprint density at radius 1 is 1.31 bits per heavy atom. The lowest BCUT2D eigenvalue weighted by Gasteiger charge is -2.39. The fourth-order valence-electron chi connectivity index (χ4n) is 3.46. The predicted molar refractivity (Wildman–Crippen MR) is 108 cm³/mol. The summed E-state index contributed by atoms with van der Waals surface area (Å²) in [4.78, 5) is 22.7. The molecule has 1 aromatic rings. The summed E-state index contributed by atoms with van der Waals surface area (Å²) in [6.45, 7) is 18.1. The van der Waals surface area contributed by atoms with Gasteiger partial charge in [0.25, 0.3) is 0 Å². The number of piperidine rings is 1. The average Bonchev–Trinajstić information content (AvgIpc) is 2.82. The molecule has 1 amide bonds. The Labute approximate surface area is 162 Å². The first-order chi connectivity index (χ1) is 12.0. The topological polar surface area (TPSA) is 45.7 Å². The van der Waals surface area contributed by atoms with E-state index in [1.165, 1.54) is 4.88 Å². The lowest BCUT2D eigenvalue weighted by atomic mass is 10.0. The van der Waals surface area contributed by atoms with Gasteiger partial charge >= 0.3 is 6.09 Å². The highest BCUT2D eigenvalue weighted by Crippen LogP contribution is 2.25. The minimum Gasteiger partial charge on any atom is -0.444 e. The van der Waals surface area contributed by atoms with Crippen molar-refractivity contribution in [1.29, 1.82) is 0 Å². The van der Waals surface area contributed by atoms with Crippen molar-refractivity contribution >= 4 is 17.4 Å². The molecule has 2 heterocycles. The number of thiazole rings is 1. The number of hydrogen-bond donors (Lipinski definition) is 0. The number of hydrogen-bond acceptors (Lipinski definition) is 5. The first kappa shape index (κ1) is 21.2. The number of nitrogens with zero attached hydrogens (tertiary/aromatic N) is 3. The molecule has 0 saturated carbocycles. The highest BCUT2D eigenvalue weighted by atomic mass is 32.1. The van der Waals surface area contributed by atoms with Crippen molar-refractivity contribution in [1.82, 2.24) is 14.8 Å². The van der Waals surface area contributed by atoms with Crippen LogP contribution in [0.15, 0.2) is 0 Å². The lowest BCUT2D eigenvalue weighted by Crippen LogP contribution is -2.48. The monoisotopic (exact) mass is 381 g/mol. The normalized spacial score (nSPS) is 16.6. The Hall–Kier alpha value is -1.14. The minimum atomic E-state index is -0.431. The Morgan fingerprint density at radius 2 is 1.92 bits per heavy atom. The van der Waals surface area contributed by atoms with Gasteiger partial charge < -0.3 is 9.64 Å². The second kappa shape index (κ2) is 8.70. The molecule has 1 aliphatic heterocycles. The third-order valence-corrected chi connectivity index (χ3v) is 5.64. The highest BCUT2D eigenvalue weighted by Gasteiger charge is 2.30. The minimum absolute atomic E-state index is 0.180. The number of ether oxygens (including phenoxy) is 1. The lowest BCUT2D eigenvalue weighted by molar-refractivity contribution is 0.0130. The summed E-state index contributed by atoms with van der Waals surface area (Å²) >= 11 is 1.81. The molecule has 0 unspecified atom stereocenters. The van der Waals surface area contributed by atoms with Crippen molar-refractivity contribution < 1.29 is 9.53 Å². The third kappa shape index (κ3) is 6.23. The van der Waals surface area contributed by atoms with Crippen molar-refractivity contribution in [3.8, 4) is 0 Å². The van der Waals surface area contributed by atoms with Crippen LogP contribution in [0.4, 0.5) is 4.79 Å². The Balaban J connectivity index is 1.98. The average molecular weight is 382 g/mol. The van der Waals surface area contributed by atoms with Gasteiger partial charge in [-0.1, -0.05) is 13.8 Å². The zero-order chi connectivity index (χ0) is 19.5. The number of likely N-dealkylation sites (tertiary alicyclic amines) is 1. The van der Waals surface area contributed by atoms with Gasteiger partial charge in [-0.25, -0.2) is 9.78 Å². The van der Waals surface area contributed by atoms with Crippen LogP contribution in [0.5, 0.6) is 0 Å². The van der Waals surface area contributed by atoms with Gasteiger partial charge in [-0.05, 0) is 53.4 Å². The van der Waals surface area contributed by atoms with E-state index in [1.807, 2.05) is 37.0 Å². The van der Waals surface area contributed by atoms with Gasteiger partial charge in [0.2, 0.25) is 0 Å². The van der Waals surface area contributed by atoms with Crippen molar-refractivity contribution in [3.05, 3.63) is 15.6 Å². The largest absolute Gasteiger partial charge is 0.444 e. The van der Waals surface area contributed by atoms with Crippen molar-refractivity contribution in [3.63, 3.8) is 0 Å². The second-order valence-electron chi connectivity index (χ2n) is 8.76. The van der Waals surface area contributed by atoms with Crippen LogP contribution < -0.4 is 0 Å². The zero-order valence-corrected chi connectivity index (χ0v) is 18.3. The fourth-order valence-corrected chi connectivity index (χ4v) is 4.42. The molecule has 148 valence electrons. The fraction of sp³-hybridized carbons (Fsp3) is 0.800. The number of carbonyl (C=O) groups is 1. The van der Waals surface area contributed by atoms with Crippen LogP contribution in [0.2, 0.25) is 0 Å². The maximum absolute atomic E-state index is 12.3. The van der Waals surface area contributed by atoms with Gasteiger partial charge in [-0.3, -0.25) is 4.90 Å². The molecule has 0 spiro atoms. The number of aromatic nitrogens is 1. The number of rotatable bonds is 5. The van der Waals surface area contributed by atoms with Crippen LogP contribution in [-0.4, -0.2) is 52.2 Å². The van der Waals surface area contributed by atoms with Gasteiger partial charge in [0.15, 0.2) is 0 Å². The van der Waals surface area contributed by atoms with Crippen LogP contribution in [0.3, 0.4) is 0 Å². The van der Waals surface area contributed by atoms with Crippen LogP contribution in [0.1, 0.15) is 63.0 Å². The van der Waals surface area contributed by atoms with Gasteiger partial charge in [0, 0.05) is 37.1 Å². The molecule has 1 aliphatic rings. The summed E-state index contributed by atoms with van der Waals surface area (Å²) in [6, 6.07) is 0.512. The first-order valence-electron chi connectivity index (χ1n) is 9.70. The molecule has 1 saturated heterocycles. The smallest absolute Gasteiger partial charge is 0.410 e. The summed E-state index contributed by atoms with van der Waals surface area (Å²) in [6.07, 6.45) is 1.83. The van der Waals surface area contributed by atoms with Crippen LogP contribution in [0, 0.1) is 19.8 Å². The summed E-state index contributed by atoms with van der Waals surface area (Å²) < 4.78 is 5.52. The molecule has 5 nitrogen and oxygen atoms in total. The molecule has 0 aromatic carbocycles. The highest BCUT2D eigenvalue weighted by molar-refractivity contribution is 7.11. The first-order valence-corrected chi connectivity index (χ1v) is 10.5. The Morgan fingerprint density at radius 3 is 2.38 bits per heavy atom. The maximum Gasteiger partial charge on any atom is 0.410 e. The van der Waals surface area contributed by atoms with E-state index in [1.54, 1.807) is 0 Å². The SMILES string of the molecule is Cc1nc(C)c(CN(CC(C)C)C2CCN(C(=O)OC(C)(C)C)CC2)s1. The van der Waals surface area contributed by atoms with Gasteiger partial charge in [0.05, 0.1) is 10.7 Å². The van der Waals surface area contributed by atoms with E-state index < -0.39 is 5.60 Å². The maximum atomic E-state index is 12.3. The number of aryl methyl sites for hydroxylation is 2. The standard InChI is InChI=1S/C20H35N3O2S/c1-14(2)12-23(13-18-15(3)21-16(4)26-18)17-8-10-22(11-9-17)19(24)25-20(5,6)7/h14,17H,8-13H2,1-7H3. The molecule has 0 aliphatic carbocycles. The molecule has 0 radical (unpaired) electrons. The molecule has 1 fully saturated rings. The van der Waals surface area contributed by atoms with Crippen molar-refractivity contribution in [2.75, 3.05) is 19.6 Å². The van der Waals surface area contributed by atoms with E-state index >= 15 is 0 Å². The van der Waals surface area contributed by atoms with Gasteiger partial charge in [0.1, 0.15) is 5.60 Å². The quantitative estimate of drug-likeness (QED) is 0.747. The van der Waals surface area contributed by atoms with Crippen LogP contribution >= 0.6 is 11.3 Å². The Kier molecular flexibility index (Phi) is 7.08. The van der Waals surface area contributed by atoms with Gasteiger partial charge in [-0.15, -0.1) is 11.3 Å². The summed E-state index contributed by atoms with van der Waals surface area (Å²) in [5.41, 5.74) is 0.728. The van der Waals surface area contributed by atoms with Gasteiger partial charge in [-0.2, -0.15) is 0 Å². The second-order valence-corrected chi connectivity index (χ2v) is 10.1. The van der Waals surface area contributed by atoms with Crippen molar-refractivity contribution in [2.45, 2.75) is 79.5 Å². The molecule has 0 atom stereocenters. The summed E-state index contributed by atoms with van der Waals surface area (Å²) in [5.74, 6) is 0.619. The van der Waals surface area contributed by atoms with Crippen LogP contribution in [-0.2, 0) is 11.3 Å². The van der Waals surface area contributed by atoms with E-state index in [0.29, 0.717) is 12.0 Å². The van der Waals surface area contributed by atoms with E-state index in [4.69, 9.17) is 4.74 Å². The molecule has 0 N–H and O–H groups in total. The number of amides is 1. The molecule has 6 heteroatoms. The molecule has 26 heavy (non-hydrogen) atoms. The van der Waals surface area contributed by atoms with E-state index in [9.17, 15) is 4.79 Å². The third-order valence-electron chi connectivity index (χ3n) is 4.58. The van der Waals surface area contributed by atoms with E-state index in [2.05, 4.69) is 37.6 Å². The zero-order valence-electron chi connectivity index (χ0n) is 17.5.